The molecule has 2 amide bonds. The number of amides is 2. The van der Waals surface area contributed by atoms with E-state index in [9.17, 15) is 18.0 Å². The lowest BCUT2D eigenvalue weighted by atomic mass is 10.1. The summed E-state index contributed by atoms with van der Waals surface area (Å²) in [4.78, 5) is 28.4. The quantitative estimate of drug-likeness (QED) is 0.292. The average molecular weight is 570 g/mol. The molecular weight excluding hydrogens is 534 g/mol. The van der Waals surface area contributed by atoms with Crippen LogP contribution in [0, 0.1) is 13.8 Å². The van der Waals surface area contributed by atoms with E-state index >= 15 is 0 Å². The van der Waals surface area contributed by atoms with Gasteiger partial charge >= 0.3 is 0 Å². The van der Waals surface area contributed by atoms with Crippen molar-refractivity contribution in [1.29, 1.82) is 0 Å². The molecule has 0 spiro atoms. The van der Waals surface area contributed by atoms with Crippen molar-refractivity contribution in [3.05, 3.63) is 94.5 Å². The van der Waals surface area contributed by atoms with Crippen LogP contribution in [0.4, 0.5) is 5.69 Å². The Morgan fingerprint density at radius 1 is 0.949 bits per heavy atom. The number of nitrogens with zero attached hydrogens (tertiary/aromatic N) is 2. The smallest absolute Gasteiger partial charge is 0.264 e. The van der Waals surface area contributed by atoms with E-state index in [1.807, 2.05) is 19.9 Å². The predicted molar refractivity (Wildman–Crippen MR) is 156 cm³/mol. The van der Waals surface area contributed by atoms with Gasteiger partial charge in [-0.2, -0.15) is 0 Å². The van der Waals surface area contributed by atoms with Crippen molar-refractivity contribution in [1.82, 2.24) is 10.2 Å². The maximum atomic E-state index is 13.9. The molecule has 3 rings (SSSR count). The number of halogens is 1. The number of benzene rings is 3. The van der Waals surface area contributed by atoms with Gasteiger partial charge in [-0.15, -0.1) is 0 Å². The number of aryl methyl sites for hydroxylation is 2. The lowest BCUT2D eigenvalue weighted by molar-refractivity contribution is -0.139. The van der Waals surface area contributed by atoms with Gasteiger partial charge in [0.15, 0.2) is 0 Å². The molecule has 7 nitrogen and oxygen atoms in total. The van der Waals surface area contributed by atoms with Crippen LogP contribution in [-0.4, -0.2) is 44.3 Å². The minimum Gasteiger partial charge on any atom is -0.354 e. The van der Waals surface area contributed by atoms with Crippen LogP contribution >= 0.6 is 11.6 Å². The summed E-state index contributed by atoms with van der Waals surface area (Å²) in [5.41, 5.74) is 2.79. The first-order valence-electron chi connectivity index (χ1n) is 13.0. The van der Waals surface area contributed by atoms with Gasteiger partial charge in [0.1, 0.15) is 12.6 Å². The number of unbranched alkanes of at least 4 members (excludes halogenated alkanes) is 1. The molecule has 0 aromatic heterocycles. The third kappa shape index (κ3) is 7.83. The highest BCUT2D eigenvalue weighted by molar-refractivity contribution is 7.92. The summed E-state index contributed by atoms with van der Waals surface area (Å²) in [6, 6.07) is 19.7. The number of rotatable bonds is 12. The Balaban J connectivity index is 2.00. The fourth-order valence-corrected chi connectivity index (χ4v) is 5.70. The molecule has 1 N–H and O–H groups in total. The van der Waals surface area contributed by atoms with Crippen molar-refractivity contribution < 1.29 is 18.0 Å². The van der Waals surface area contributed by atoms with E-state index in [1.54, 1.807) is 68.4 Å². The van der Waals surface area contributed by atoms with Crippen LogP contribution in [0.2, 0.25) is 5.02 Å². The first-order valence-corrected chi connectivity index (χ1v) is 14.8. The number of carbonyl (C=O) groups excluding carboxylic acids is 2. The van der Waals surface area contributed by atoms with Crippen molar-refractivity contribution in [2.24, 2.45) is 0 Å². The number of nitrogens with one attached hydrogen (secondary N) is 1. The highest BCUT2D eigenvalue weighted by Crippen LogP contribution is 2.27. The van der Waals surface area contributed by atoms with Crippen molar-refractivity contribution in [3.63, 3.8) is 0 Å². The summed E-state index contributed by atoms with van der Waals surface area (Å²) < 4.78 is 28.9. The van der Waals surface area contributed by atoms with E-state index in [0.717, 1.165) is 28.3 Å². The third-order valence-electron chi connectivity index (χ3n) is 6.54. The number of hydrogen-bond acceptors (Lipinski definition) is 4. The van der Waals surface area contributed by atoms with Crippen LogP contribution in [0.25, 0.3) is 0 Å². The molecule has 1 atom stereocenters. The summed E-state index contributed by atoms with van der Waals surface area (Å²) in [5.74, 6) is -0.795. The summed E-state index contributed by atoms with van der Waals surface area (Å²) in [6.45, 7) is 7.50. The second kappa shape index (κ2) is 13.6. The second-order valence-corrected chi connectivity index (χ2v) is 11.9. The Hall–Kier alpha value is -3.36. The van der Waals surface area contributed by atoms with Crippen LogP contribution in [0.1, 0.15) is 43.4 Å². The van der Waals surface area contributed by atoms with Crippen LogP contribution in [0.5, 0.6) is 0 Å². The molecule has 1 unspecified atom stereocenters. The molecule has 3 aromatic rings. The number of anilines is 1. The minimum atomic E-state index is -4.10. The van der Waals surface area contributed by atoms with E-state index in [0.29, 0.717) is 22.8 Å². The maximum Gasteiger partial charge on any atom is 0.264 e. The van der Waals surface area contributed by atoms with Gasteiger partial charge in [-0.05, 0) is 68.7 Å². The zero-order valence-corrected chi connectivity index (χ0v) is 24.4. The predicted octanol–water partition coefficient (Wildman–Crippen LogP) is 5.49. The molecule has 3 aromatic carbocycles. The first kappa shape index (κ1) is 30.2. The van der Waals surface area contributed by atoms with Gasteiger partial charge in [-0.25, -0.2) is 8.42 Å². The molecule has 0 saturated carbocycles. The number of hydrogen-bond donors (Lipinski definition) is 1. The third-order valence-corrected chi connectivity index (χ3v) is 8.56. The molecule has 39 heavy (non-hydrogen) atoms. The fraction of sp³-hybridized carbons (Fsp3) is 0.333. The zero-order valence-electron chi connectivity index (χ0n) is 22.9. The highest BCUT2D eigenvalue weighted by Gasteiger charge is 2.33. The Bertz CT molecular complexity index is 1380. The molecule has 0 heterocycles. The van der Waals surface area contributed by atoms with E-state index in [2.05, 4.69) is 5.32 Å². The van der Waals surface area contributed by atoms with Crippen molar-refractivity contribution >= 4 is 39.1 Å². The van der Waals surface area contributed by atoms with E-state index in [1.165, 1.54) is 17.0 Å². The van der Waals surface area contributed by atoms with Crippen molar-refractivity contribution in [2.45, 2.75) is 58.0 Å². The zero-order chi connectivity index (χ0) is 28.6. The molecule has 0 aliphatic carbocycles. The Morgan fingerprint density at radius 3 is 2.21 bits per heavy atom. The molecule has 0 aliphatic rings. The number of sulfonamides is 1. The fourth-order valence-electron chi connectivity index (χ4n) is 4.10. The standard InChI is InChI=1S/C30H36ClN3O4S/c1-5-6-19-32-30(36)24(4)33(20-25-13-15-26(31)16-14-25)29(35)21-34(28-10-8-7-9-23(28)3)39(37,38)27-17-11-22(2)12-18-27/h7-18,24H,5-6,19-21H2,1-4H3,(H,32,36). The molecule has 0 fully saturated rings. The maximum absolute atomic E-state index is 13.9. The van der Waals surface area contributed by atoms with Crippen LogP contribution in [-0.2, 0) is 26.2 Å². The van der Waals surface area contributed by atoms with Gasteiger partial charge in [-0.1, -0.05) is 73.0 Å². The number of carbonyl (C=O) groups is 2. The van der Waals surface area contributed by atoms with E-state index < -0.39 is 28.5 Å². The second-order valence-electron chi connectivity index (χ2n) is 9.58. The average Bonchev–Trinajstić information content (AvgIpc) is 2.91. The molecule has 9 heteroatoms. The number of para-hydroxylation sites is 1. The van der Waals surface area contributed by atoms with Crippen LogP contribution in [0.15, 0.2) is 77.7 Å². The van der Waals surface area contributed by atoms with Gasteiger partial charge < -0.3 is 10.2 Å². The van der Waals surface area contributed by atoms with Gasteiger partial charge in [0, 0.05) is 18.1 Å². The first-order chi connectivity index (χ1) is 18.5. The SMILES string of the molecule is CCCCNC(=O)C(C)N(Cc1ccc(Cl)cc1)C(=O)CN(c1ccccc1C)S(=O)(=O)c1ccc(C)cc1. The van der Waals surface area contributed by atoms with Gasteiger partial charge in [0.2, 0.25) is 11.8 Å². The summed E-state index contributed by atoms with van der Waals surface area (Å²) in [5, 5.41) is 3.44. The van der Waals surface area contributed by atoms with Crippen molar-refractivity contribution in [3.8, 4) is 0 Å². The highest BCUT2D eigenvalue weighted by atomic mass is 35.5. The van der Waals surface area contributed by atoms with Gasteiger partial charge in [-0.3, -0.25) is 13.9 Å². The molecular formula is C30H36ClN3O4S. The van der Waals surface area contributed by atoms with E-state index in [-0.39, 0.29) is 17.3 Å². The molecule has 0 radical (unpaired) electrons. The topological polar surface area (TPSA) is 86.8 Å². The summed E-state index contributed by atoms with van der Waals surface area (Å²) >= 11 is 6.05. The van der Waals surface area contributed by atoms with Crippen molar-refractivity contribution in [2.75, 3.05) is 17.4 Å². The molecule has 0 bridgehead atoms. The Kier molecular flexibility index (Phi) is 10.5. The van der Waals surface area contributed by atoms with Crippen LogP contribution < -0.4 is 9.62 Å². The van der Waals surface area contributed by atoms with Crippen LogP contribution in [0.3, 0.4) is 0 Å². The lowest BCUT2D eigenvalue weighted by Gasteiger charge is -2.32. The molecule has 0 saturated heterocycles. The minimum absolute atomic E-state index is 0.0822. The Labute approximate surface area is 236 Å². The summed E-state index contributed by atoms with van der Waals surface area (Å²) in [7, 11) is -4.10. The lowest BCUT2D eigenvalue weighted by Crippen LogP contribution is -2.51. The van der Waals surface area contributed by atoms with E-state index in [4.69, 9.17) is 11.6 Å². The summed E-state index contributed by atoms with van der Waals surface area (Å²) in [6.07, 6.45) is 1.74. The normalized spacial score (nSPS) is 12.0. The largest absolute Gasteiger partial charge is 0.354 e. The monoisotopic (exact) mass is 569 g/mol. The Morgan fingerprint density at radius 2 is 1.59 bits per heavy atom. The molecule has 0 aliphatic heterocycles. The molecule has 208 valence electrons. The van der Waals surface area contributed by atoms with Gasteiger partial charge in [0.25, 0.3) is 10.0 Å². The van der Waals surface area contributed by atoms with Gasteiger partial charge in [0.05, 0.1) is 10.6 Å².